The second-order valence-electron chi connectivity index (χ2n) is 5.15. The molecule has 1 aromatic rings. The van der Waals surface area contributed by atoms with Crippen LogP contribution in [0.15, 0.2) is 6.20 Å². The number of rotatable bonds is 5. The first-order valence-corrected chi connectivity index (χ1v) is 7.31. The SMILES string of the molecule is Cc1ncc(C(C)NCC2(CO)CCOCC2)s1. The van der Waals surface area contributed by atoms with Crippen LogP contribution >= 0.6 is 11.3 Å². The van der Waals surface area contributed by atoms with Crippen molar-refractivity contribution in [2.45, 2.75) is 32.7 Å². The molecule has 18 heavy (non-hydrogen) atoms. The predicted molar refractivity (Wildman–Crippen MR) is 72.8 cm³/mol. The lowest BCUT2D eigenvalue weighted by Gasteiger charge is -2.36. The monoisotopic (exact) mass is 270 g/mol. The van der Waals surface area contributed by atoms with Gasteiger partial charge in [-0.15, -0.1) is 11.3 Å². The van der Waals surface area contributed by atoms with E-state index < -0.39 is 0 Å². The van der Waals surface area contributed by atoms with Crippen LogP contribution in [0.25, 0.3) is 0 Å². The zero-order valence-electron chi connectivity index (χ0n) is 11.1. The van der Waals surface area contributed by atoms with Crippen molar-refractivity contribution in [3.63, 3.8) is 0 Å². The zero-order valence-corrected chi connectivity index (χ0v) is 11.9. The van der Waals surface area contributed by atoms with Crippen molar-refractivity contribution >= 4 is 11.3 Å². The second-order valence-corrected chi connectivity index (χ2v) is 6.42. The Morgan fingerprint density at radius 3 is 2.83 bits per heavy atom. The predicted octanol–water partition coefficient (Wildman–Crippen LogP) is 1.89. The molecule has 5 heteroatoms. The summed E-state index contributed by atoms with van der Waals surface area (Å²) in [7, 11) is 0. The van der Waals surface area contributed by atoms with Gasteiger partial charge < -0.3 is 15.2 Å². The molecule has 4 nitrogen and oxygen atoms in total. The maximum absolute atomic E-state index is 9.62. The normalized spacial score (nSPS) is 20.8. The van der Waals surface area contributed by atoms with E-state index in [1.54, 1.807) is 11.3 Å². The lowest BCUT2D eigenvalue weighted by atomic mass is 9.81. The first-order chi connectivity index (χ1) is 8.65. The Balaban J connectivity index is 1.89. The van der Waals surface area contributed by atoms with Gasteiger partial charge in [0.05, 0.1) is 11.6 Å². The van der Waals surface area contributed by atoms with E-state index in [4.69, 9.17) is 4.74 Å². The summed E-state index contributed by atoms with van der Waals surface area (Å²) in [6.45, 7) is 6.77. The Labute approximate surface area is 112 Å². The smallest absolute Gasteiger partial charge is 0.0897 e. The molecule has 1 fully saturated rings. The standard InChI is InChI=1S/C13H22N2O2S/c1-10(12-7-14-11(2)18-12)15-8-13(9-16)3-5-17-6-4-13/h7,10,15-16H,3-6,8-9H2,1-2H3. The lowest BCUT2D eigenvalue weighted by Crippen LogP contribution is -2.42. The molecule has 1 unspecified atom stereocenters. The van der Waals surface area contributed by atoms with Crippen LogP contribution in [0, 0.1) is 12.3 Å². The molecule has 0 bridgehead atoms. The molecule has 102 valence electrons. The van der Waals surface area contributed by atoms with Crippen LogP contribution in [0.5, 0.6) is 0 Å². The highest BCUT2D eigenvalue weighted by Crippen LogP contribution is 2.30. The van der Waals surface area contributed by atoms with Gasteiger partial charge in [0.1, 0.15) is 0 Å². The van der Waals surface area contributed by atoms with Crippen LogP contribution in [-0.4, -0.2) is 36.5 Å². The molecule has 0 saturated carbocycles. The number of thiazole rings is 1. The summed E-state index contributed by atoms with van der Waals surface area (Å²) in [6, 6.07) is 0.294. The Bertz CT molecular complexity index is 375. The summed E-state index contributed by atoms with van der Waals surface area (Å²) in [5.41, 5.74) is -0.00770. The molecule has 1 aliphatic heterocycles. The topological polar surface area (TPSA) is 54.4 Å². The maximum Gasteiger partial charge on any atom is 0.0897 e. The molecular weight excluding hydrogens is 248 g/mol. The zero-order chi connectivity index (χ0) is 13.0. The van der Waals surface area contributed by atoms with Gasteiger partial charge in [0.25, 0.3) is 0 Å². The fourth-order valence-corrected chi connectivity index (χ4v) is 3.06. The van der Waals surface area contributed by atoms with Crippen molar-refractivity contribution in [2.75, 3.05) is 26.4 Å². The summed E-state index contributed by atoms with van der Waals surface area (Å²) in [5, 5.41) is 14.3. The molecule has 1 aliphatic rings. The molecule has 1 saturated heterocycles. The largest absolute Gasteiger partial charge is 0.396 e. The number of aryl methyl sites for hydroxylation is 1. The van der Waals surface area contributed by atoms with E-state index in [1.165, 1.54) is 4.88 Å². The number of aliphatic hydroxyl groups is 1. The molecule has 1 aromatic heterocycles. The van der Waals surface area contributed by atoms with Gasteiger partial charge >= 0.3 is 0 Å². The van der Waals surface area contributed by atoms with E-state index in [1.807, 2.05) is 13.1 Å². The molecule has 0 spiro atoms. The van der Waals surface area contributed by atoms with Gasteiger partial charge in [-0.05, 0) is 26.7 Å². The fourth-order valence-electron chi connectivity index (χ4n) is 2.24. The van der Waals surface area contributed by atoms with E-state index in [2.05, 4.69) is 17.2 Å². The highest BCUT2D eigenvalue weighted by molar-refractivity contribution is 7.11. The minimum absolute atomic E-state index is 0.00770. The van der Waals surface area contributed by atoms with E-state index in [0.29, 0.717) is 6.04 Å². The van der Waals surface area contributed by atoms with E-state index >= 15 is 0 Å². The number of aliphatic hydroxyl groups excluding tert-OH is 1. The van der Waals surface area contributed by atoms with Crippen molar-refractivity contribution in [2.24, 2.45) is 5.41 Å². The summed E-state index contributed by atoms with van der Waals surface area (Å²) in [6.07, 6.45) is 3.81. The van der Waals surface area contributed by atoms with E-state index in [0.717, 1.165) is 37.6 Å². The van der Waals surface area contributed by atoms with Crippen molar-refractivity contribution in [3.8, 4) is 0 Å². The van der Waals surface area contributed by atoms with Gasteiger partial charge in [0.15, 0.2) is 0 Å². The number of nitrogens with zero attached hydrogens (tertiary/aromatic N) is 1. The molecule has 1 atom stereocenters. The molecule has 2 heterocycles. The lowest BCUT2D eigenvalue weighted by molar-refractivity contribution is -0.0163. The van der Waals surface area contributed by atoms with E-state index in [-0.39, 0.29) is 12.0 Å². The van der Waals surface area contributed by atoms with Crippen molar-refractivity contribution in [3.05, 3.63) is 16.1 Å². The molecular formula is C13H22N2O2S. The fraction of sp³-hybridized carbons (Fsp3) is 0.769. The van der Waals surface area contributed by atoms with Gasteiger partial charge in [-0.1, -0.05) is 0 Å². The highest BCUT2D eigenvalue weighted by Gasteiger charge is 2.32. The molecule has 2 rings (SSSR count). The van der Waals surface area contributed by atoms with Crippen LogP contribution in [0.1, 0.15) is 35.7 Å². The third kappa shape index (κ3) is 3.29. The Morgan fingerprint density at radius 1 is 1.56 bits per heavy atom. The highest BCUT2D eigenvalue weighted by atomic mass is 32.1. The second kappa shape index (κ2) is 6.10. The maximum atomic E-state index is 9.62. The van der Waals surface area contributed by atoms with Gasteiger partial charge in [-0.25, -0.2) is 4.98 Å². The third-order valence-corrected chi connectivity index (χ3v) is 4.83. The summed E-state index contributed by atoms with van der Waals surface area (Å²) in [4.78, 5) is 5.54. The van der Waals surface area contributed by atoms with Crippen LogP contribution in [0.2, 0.25) is 0 Å². The minimum atomic E-state index is -0.00770. The number of nitrogens with one attached hydrogen (secondary N) is 1. The van der Waals surface area contributed by atoms with Gasteiger partial charge in [0, 0.05) is 42.3 Å². The van der Waals surface area contributed by atoms with Crippen LogP contribution in [0.4, 0.5) is 0 Å². The number of hydrogen-bond donors (Lipinski definition) is 2. The Kier molecular flexibility index (Phi) is 4.72. The molecule has 0 amide bonds. The van der Waals surface area contributed by atoms with Crippen LogP contribution in [0.3, 0.4) is 0 Å². The summed E-state index contributed by atoms with van der Waals surface area (Å²) < 4.78 is 5.37. The van der Waals surface area contributed by atoms with Crippen molar-refractivity contribution < 1.29 is 9.84 Å². The van der Waals surface area contributed by atoms with Crippen LogP contribution in [-0.2, 0) is 4.74 Å². The number of ether oxygens (including phenoxy) is 1. The molecule has 0 radical (unpaired) electrons. The van der Waals surface area contributed by atoms with Crippen LogP contribution < -0.4 is 5.32 Å². The van der Waals surface area contributed by atoms with Crippen molar-refractivity contribution in [1.29, 1.82) is 0 Å². The molecule has 2 N–H and O–H groups in total. The Morgan fingerprint density at radius 2 is 2.28 bits per heavy atom. The molecule has 0 aromatic carbocycles. The number of hydrogen-bond acceptors (Lipinski definition) is 5. The first-order valence-electron chi connectivity index (χ1n) is 6.49. The summed E-state index contributed by atoms with van der Waals surface area (Å²) in [5.74, 6) is 0. The average Bonchev–Trinajstić information content (AvgIpc) is 2.84. The van der Waals surface area contributed by atoms with Crippen molar-refractivity contribution in [1.82, 2.24) is 10.3 Å². The molecule has 0 aliphatic carbocycles. The average molecular weight is 270 g/mol. The Hall–Kier alpha value is -0.490. The number of aromatic nitrogens is 1. The van der Waals surface area contributed by atoms with Gasteiger partial charge in [-0.2, -0.15) is 0 Å². The van der Waals surface area contributed by atoms with Gasteiger partial charge in [0.2, 0.25) is 0 Å². The summed E-state index contributed by atoms with van der Waals surface area (Å²) >= 11 is 1.73. The minimum Gasteiger partial charge on any atom is -0.396 e. The van der Waals surface area contributed by atoms with Gasteiger partial charge in [-0.3, -0.25) is 0 Å². The third-order valence-electron chi connectivity index (χ3n) is 3.74. The quantitative estimate of drug-likeness (QED) is 0.858. The van der Waals surface area contributed by atoms with E-state index in [9.17, 15) is 5.11 Å². The first kappa shape index (κ1) is 13.9.